The molecule has 0 amide bonds. The van der Waals surface area contributed by atoms with Gasteiger partial charge >= 0.3 is 0 Å². The normalized spacial score (nSPS) is 27.0. The third-order valence-corrected chi connectivity index (χ3v) is 5.29. The van der Waals surface area contributed by atoms with E-state index in [0.717, 1.165) is 17.6 Å². The maximum Gasteiger partial charge on any atom is 0.112 e. The average molecular weight is 341 g/mol. The van der Waals surface area contributed by atoms with E-state index in [9.17, 15) is 0 Å². The molecule has 2 aliphatic rings. The van der Waals surface area contributed by atoms with Crippen LogP contribution in [0.2, 0.25) is 0 Å². The number of rotatable bonds is 2. The number of hydrogen-bond acceptors (Lipinski definition) is 2. The Balaban J connectivity index is 1.82. The first-order valence-electron chi connectivity index (χ1n) is 7.34. The van der Waals surface area contributed by atoms with Crippen LogP contribution >= 0.6 is 15.9 Å². The summed E-state index contributed by atoms with van der Waals surface area (Å²) in [7, 11) is 0. The summed E-state index contributed by atoms with van der Waals surface area (Å²) in [5.41, 5.74) is 2.71. The summed E-state index contributed by atoms with van der Waals surface area (Å²) in [6, 6.07) is 19.9. The molecule has 3 heteroatoms. The van der Waals surface area contributed by atoms with E-state index in [1.54, 1.807) is 0 Å². The molecule has 0 saturated carbocycles. The summed E-state index contributed by atoms with van der Waals surface area (Å²) in [4.78, 5) is 7.21. The van der Waals surface area contributed by atoms with Gasteiger partial charge in [0, 0.05) is 11.0 Å². The van der Waals surface area contributed by atoms with Gasteiger partial charge in [-0.25, -0.2) is 0 Å². The second kappa shape index (κ2) is 4.70. The van der Waals surface area contributed by atoms with E-state index in [-0.39, 0.29) is 5.41 Å². The predicted molar refractivity (Wildman–Crippen MR) is 89.7 cm³/mol. The molecule has 4 rings (SSSR count). The van der Waals surface area contributed by atoms with E-state index in [1.165, 1.54) is 17.0 Å². The Labute approximate surface area is 133 Å². The van der Waals surface area contributed by atoms with Crippen LogP contribution in [0.1, 0.15) is 24.1 Å². The van der Waals surface area contributed by atoms with Crippen LogP contribution in [-0.2, 0) is 5.41 Å². The number of aliphatic imine (C=N–C) groups is 1. The zero-order valence-corrected chi connectivity index (χ0v) is 13.5. The molecular weight excluding hydrogens is 324 g/mol. The minimum absolute atomic E-state index is 0.00834. The van der Waals surface area contributed by atoms with Gasteiger partial charge in [0.1, 0.15) is 5.84 Å². The van der Waals surface area contributed by atoms with Crippen molar-refractivity contribution < 1.29 is 0 Å². The van der Waals surface area contributed by atoms with Crippen LogP contribution in [0.5, 0.6) is 0 Å². The predicted octanol–water partition coefficient (Wildman–Crippen LogP) is 4.18. The van der Waals surface area contributed by atoms with E-state index < -0.39 is 0 Å². The number of benzene rings is 2. The van der Waals surface area contributed by atoms with Crippen LogP contribution in [0.4, 0.5) is 0 Å². The SMILES string of the molecule is C[C@@]1(c2ccccc2)C2=NCCN2[C@@H]1c1ccc(Br)cc1. The lowest BCUT2D eigenvalue weighted by molar-refractivity contribution is 0.175. The van der Waals surface area contributed by atoms with E-state index in [2.05, 4.69) is 82.4 Å². The highest BCUT2D eigenvalue weighted by molar-refractivity contribution is 9.10. The standard InChI is InChI=1S/C18H17BrN2/c1-18(14-5-3-2-4-6-14)16(21-12-11-20-17(18)21)13-7-9-15(19)10-8-13/h2-10,16H,11-12H2,1H3/t16-,18+/m1/s1. The van der Waals surface area contributed by atoms with Crippen LogP contribution in [-0.4, -0.2) is 23.8 Å². The number of fused-ring (bicyclic) bond motifs is 1. The molecule has 2 aliphatic heterocycles. The number of halogens is 1. The molecule has 0 radical (unpaired) electrons. The van der Waals surface area contributed by atoms with Crippen LogP contribution in [0.15, 0.2) is 64.1 Å². The van der Waals surface area contributed by atoms with Gasteiger partial charge in [-0.1, -0.05) is 58.4 Å². The average Bonchev–Trinajstić information content (AvgIpc) is 2.95. The summed E-state index contributed by atoms with van der Waals surface area (Å²) in [5.74, 6) is 1.25. The third kappa shape index (κ3) is 1.80. The Kier molecular flexibility index (Phi) is 2.93. The fraction of sp³-hybridized carbons (Fsp3) is 0.278. The van der Waals surface area contributed by atoms with Crippen molar-refractivity contribution >= 4 is 21.8 Å². The third-order valence-electron chi connectivity index (χ3n) is 4.76. The molecule has 0 aromatic heterocycles. The molecule has 2 nitrogen and oxygen atoms in total. The van der Waals surface area contributed by atoms with Gasteiger partial charge in [0.15, 0.2) is 0 Å². The van der Waals surface area contributed by atoms with Crippen LogP contribution in [0.3, 0.4) is 0 Å². The molecule has 1 saturated heterocycles. The van der Waals surface area contributed by atoms with Gasteiger partial charge in [-0.05, 0) is 30.2 Å². The molecule has 0 bridgehead atoms. The minimum atomic E-state index is -0.00834. The van der Waals surface area contributed by atoms with Gasteiger partial charge < -0.3 is 4.90 Å². The fourth-order valence-corrected chi connectivity index (χ4v) is 4.04. The van der Waals surface area contributed by atoms with Crippen molar-refractivity contribution in [3.05, 3.63) is 70.2 Å². The second-order valence-electron chi connectivity index (χ2n) is 5.92. The van der Waals surface area contributed by atoms with Crippen molar-refractivity contribution in [2.45, 2.75) is 18.4 Å². The number of amidine groups is 1. The Morgan fingerprint density at radius 2 is 1.81 bits per heavy atom. The van der Waals surface area contributed by atoms with Crippen LogP contribution in [0, 0.1) is 0 Å². The van der Waals surface area contributed by atoms with Crippen molar-refractivity contribution in [3.8, 4) is 0 Å². The molecule has 2 heterocycles. The summed E-state index contributed by atoms with van der Waals surface area (Å²) in [6.07, 6.45) is 0. The van der Waals surface area contributed by atoms with Gasteiger partial charge in [-0.2, -0.15) is 0 Å². The van der Waals surface area contributed by atoms with Gasteiger partial charge in [0.25, 0.3) is 0 Å². The Hall–Kier alpha value is -1.61. The van der Waals surface area contributed by atoms with Crippen LogP contribution in [0.25, 0.3) is 0 Å². The zero-order valence-electron chi connectivity index (χ0n) is 12.0. The summed E-state index contributed by atoms with van der Waals surface area (Å²) in [6.45, 7) is 4.29. The van der Waals surface area contributed by atoms with Gasteiger partial charge in [-0.3, -0.25) is 4.99 Å². The highest BCUT2D eigenvalue weighted by Crippen LogP contribution is 2.53. The Morgan fingerprint density at radius 1 is 1.10 bits per heavy atom. The number of nitrogens with zero attached hydrogens (tertiary/aromatic N) is 2. The molecule has 2 aromatic carbocycles. The Bertz CT molecular complexity index is 693. The highest BCUT2D eigenvalue weighted by atomic mass is 79.9. The van der Waals surface area contributed by atoms with Gasteiger partial charge in [0.2, 0.25) is 0 Å². The molecular formula is C18H17BrN2. The Morgan fingerprint density at radius 3 is 2.52 bits per heavy atom. The molecule has 0 N–H and O–H groups in total. The largest absolute Gasteiger partial charge is 0.349 e. The van der Waals surface area contributed by atoms with Gasteiger partial charge in [-0.15, -0.1) is 0 Å². The summed E-state index contributed by atoms with van der Waals surface area (Å²) < 4.78 is 1.13. The summed E-state index contributed by atoms with van der Waals surface area (Å²) in [5, 5.41) is 0. The first-order chi connectivity index (χ1) is 10.2. The molecule has 2 aromatic rings. The molecule has 1 fully saturated rings. The van der Waals surface area contributed by atoms with E-state index in [0.29, 0.717) is 6.04 Å². The molecule has 2 atom stereocenters. The highest BCUT2D eigenvalue weighted by Gasteiger charge is 2.57. The maximum absolute atomic E-state index is 4.76. The minimum Gasteiger partial charge on any atom is -0.349 e. The van der Waals surface area contributed by atoms with Crippen molar-refractivity contribution in [1.82, 2.24) is 4.90 Å². The molecule has 106 valence electrons. The van der Waals surface area contributed by atoms with E-state index >= 15 is 0 Å². The summed E-state index contributed by atoms with van der Waals surface area (Å²) >= 11 is 3.53. The first-order valence-corrected chi connectivity index (χ1v) is 8.13. The van der Waals surface area contributed by atoms with E-state index in [1.807, 2.05) is 0 Å². The quantitative estimate of drug-likeness (QED) is 0.800. The van der Waals surface area contributed by atoms with Crippen molar-refractivity contribution in [2.75, 3.05) is 13.1 Å². The smallest absolute Gasteiger partial charge is 0.112 e. The lowest BCUT2D eigenvalue weighted by Gasteiger charge is -2.56. The van der Waals surface area contributed by atoms with Crippen molar-refractivity contribution in [1.29, 1.82) is 0 Å². The maximum atomic E-state index is 4.76. The fourth-order valence-electron chi connectivity index (χ4n) is 3.77. The van der Waals surface area contributed by atoms with Crippen molar-refractivity contribution in [3.63, 3.8) is 0 Å². The first kappa shape index (κ1) is 13.1. The molecule has 0 unspecified atom stereocenters. The van der Waals surface area contributed by atoms with E-state index in [4.69, 9.17) is 4.99 Å². The lowest BCUT2D eigenvalue weighted by Crippen LogP contribution is -2.62. The topological polar surface area (TPSA) is 15.6 Å². The molecule has 0 aliphatic carbocycles. The van der Waals surface area contributed by atoms with Crippen molar-refractivity contribution in [2.24, 2.45) is 4.99 Å². The van der Waals surface area contributed by atoms with Gasteiger partial charge in [0.05, 0.1) is 18.0 Å². The molecule has 21 heavy (non-hydrogen) atoms. The zero-order chi connectivity index (χ0) is 14.4. The number of hydrogen-bond donors (Lipinski definition) is 0. The second-order valence-corrected chi connectivity index (χ2v) is 6.84. The van der Waals surface area contributed by atoms with Crippen LogP contribution < -0.4 is 0 Å². The monoisotopic (exact) mass is 340 g/mol. The molecule has 0 spiro atoms. The lowest BCUT2D eigenvalue weighted by atomic mass is 9.65.